The van der Waals surface area contributed by atoms with E-state index in [1.807, 2.05) is 26.1 Å². The molecule has 2 bridgehead atoms. The predicted octanol–water partition coefficient (Wildman–Crippen LogP) is 3.23. The summed E-state index contributed by atoms with van der Waals surface area (Å²) in [5, 5.41) is 1.92. The molecule has 5 nitrogen and oxygen atoms in total. The molecular formula is C16H25F3N2O3. The first-order chi connectivity index (χ1) is 10.9. The van der Waals surface area contributed by atoms with Crippen LogP contribution < -0.4 is 5.32 Å². The maximum atomic E-state index is 12.3. The number of piperidine rings is 1. The normalized spacial score (nSPS) is 27.1. The van der Waals surface area contributed by atoms with E-state index in [4.69, 9.17) is 4.74 Å². The fourth-order valence-electron chi connectivity index (χ4n) is 3.60. The van der Waals surface area contributed by atoms with E-state index in [0.29, 0.717) is 12.8 Å². The van der Waals surface area contributed by atoms with Gasteiger partial charge in [0.1, 0.15) is 12.1 Å². The first kappa shape index (κ1) is 18.9. The van der Waals surface area contributed by atoms with Crippen LogP contribution in [0.1, 0.15) is 52.9 Å². The molecule has 2 rings (SSSR count). The number of hydrogen-bond acceptors (Lipinski definition) is 3. The van der Waals surface area contributed by atoms with Crippen LogP contribution >= 0.6 is 0 Å². The van der Waals surface area contributed by atoms with Crippen LogP contribution in [-0.4, -0.2) is 47.3 Å². The van der Waals surface area contributed by atoms with Crippen LogP contribution in [-0.2, 0) is 9.53 Å². The number of carbonyl (C=O) groups excluding carboxylic acids is 2. The summed E-state index contributed by atoms with van der Waals surface area (Å²) in [6.07, 6.45) is -1.69. The number of amides is 2. The van der Waals surface area contributed by atoms with E-state index >= 15 is 0 Å². The van der Waals surface area contributed by atoms with Crippen molar-refractivity contribution in [3.05, 3.63) is 0 Å². The fraction of sp³-hybridized carbons (Fsp3) is 0.875. The van der Waals surface area contributed by atoms with Gasteiger partial charge in [0.15, 0.2) is 0 Å². The van der Waals surface area contributed by atoms with E-state index < -0.39 is 24.2 Å². The lowest BCUT2D eigenvalue weighted by atomic mass is 9.88. The van der Waals surface area contributed by atoms with E-state index in [-0.39, 0.29) is 30.5 Å². The van der Waals surface area contributed by atoms with E-state index in [1.165, 1.54) is 0 Å². The molecule has 8 heteroatoms. The maximum Gasteiger partial charge on any atom is 0.410 e. The van der Waals surface area contributed by atoms with Gasteiger partial charge in [-0.25, -0.2) is 4.79 Å². The SMILES string of the molecule is CC(C)(C)OC(=O)N1[C@@H]2CC[C@H]1CC(CC(=O)NCC(F)(F)F)C2. The number of rotatable bonds is 3. The third kappa shape index (κ3) is 5.27. The van der Waals surface area contributed by atoms with Crippen LogP contribution in [0.15, 0.2) is 0 Å². The summed E-state index contributed by atoms with van der Waals surface area (Å²) in [7, 11) is 0. The Kier molecular flexibility index (Phi) is 5.34. The van der Waals surface area contributed by atoms with E-state index in [9.17, 15) is 22.8 Å². The molecule has 1 N–H and O–H groups in total. The van der Waals surface area contributed by atoms with Crippen molar-refractivity contribution in [2.75, 3.05) is 6.54 Å². The molecule has 1 unspecified atom stereocenters. The third-order valence-electron chi connectivity index (χ3n) is 4.40. The van der Waals surface area contributed by atoms with E-state index in [2.05, 4.69) is 0 Å². The van der Waals surface area contributed by atoms with E-state index in [1.54, 1.807) is 4.90 Å². The Bertz CT molecular complexity index is 474. The lowest BCUT2D eigenvalue weighted by molar-refractivity contribution is -0.139. The molecule has 2 amide bonds. The van der Waals surface area contributed by atoms with E-state index in [0.717, 1.165) is 12.8 Å². The standard InChI is InChI=1S/C16H25F3N2O3/c1-15(2,3)24-14(23)21-11-4-5-12(21)7-10(6-11)8-13(22)20-9-16(17,18)19/h10-12H,4-9H2,1-3H3,(H,20,22)/t10?,11-,12+. The van der Waals surface area contributed by atoms with Crippen molar-refractivity contribution in [2.24, 2.45) is 5.92 Å². The van der Waals surface area contributed by atoms with Crippen LogP contribution in [0.5, 0.6) is 0 Å². The van der Waals surface area contributed by atoms with Crippen molar-refractivity contribution in [1.82, 2.24) is 10.2 Å². The predicted molar refractivity (Wildman–Crippen MR) is 81.3 cm³/mol. The molecule has 0 radical (unpaired) electrons. The summed E-state index contributed by atoms with van der Waals surface area (Å²) in [6.45, 7) is 4.13. The smallest absolute Gasteiger partial charge is 0.410 e. The Balaban J connectivity index is 1.86. The molecule has 0 aliphatic carbocycles. The second-order valence-electron chi connectivity index (χ2n) is 7.71. The Labute approximate surface area is 139 Å². The van der Waals surface area contributed by atoms with Gasteiger partial charge in [-0.3, -0.25) is 4.79 Å². The van der Waals surface area contributed by atoms with Crippen molar-refractivity contribution in [3.8, 4) is 0 Å². The van der Waals surface area contributed by atoms with Crippen molar-refractivity contribution < 1.29 is 27.5 Å². The van der Waals surface area contributed by atoms with Gasteiger partial charge >= 0.3 is 12.3 Å². The van der Waals surface area contributed by atoms with Crippen LogP contribution in [0.3, 0.4) is 0 Å². The van der Waals surface area contributed by atoms with Crippen LogP contribution in [0, 0.1) is 5.92 Å². The average molecular weight is 350 g/mol. The minimum atomic E-state index is -4.39. The third-order valence-corrected chi connectivity index (χ3v) is 4.40. The highest BCUT2D eigenvalue weighted by Crippen LogP contribution is 2.40. The topological polar surface area (TPSA) is 58.6 Å². The largest absolute Gasteiger partial charge is 0.444 e. The molecule has 0 aromatic heterocycles. The van der Waals surface area contributed by atoms with Gasteiger partial charge in [0.25, 0.3) is 0 Å². The summed E-state index contributed by atoms with van der Waals surface area (Å²) >= 11 is 0. The summed E-state index contributed by atoms with van der Waals surface area (Å²) in [5.41, 5.74) is -0.565. The number of nitrogens with zero attached hydrogens (tertiary/aromatic N) is 1. The van der Waals surface area contributed by atoms with Gasteiger partial charge < -0.3 is 15.0 Å². The molecule has 0 spiro atoms. The highest BCUT2D eigenvalue weighted by molar-refractivity contribution is 5.76. The van der Waals surface area contributed by atoms with Gasteiger partial charge in [-0.15, -0.1) is 0 Å². The molecule has 0 saturated carbocycles. The zero-order valence-electron chi connectivity index (χ0n) is 14.3. The zero-order valence-corrected chi connectivity index (χ0v) is 14.3. The maximum absolute atomic E-state index is 12.3. The lowest BCUT2D eigenvalue weighted by Crippen LogP contribution is -2.49. The van der Waals surface area contributed by atoms with Crippen molar-refractivity contribution in [2.45, 2.75) is 76.7 Å². The molecule has 3 atom stereocenters. The molecule has 2 fully saturated rings. The summed E-state index contributed by atoms with van der Waals surface area (Å²) < 4.78 is 41.8. The summed E-state index contributed by atoms with van der Waals surface area (Å²) in [6, 6.07) is 0.0260. The number of ether oxygens (including phenoxy) is 1. The van der Waals surface area contributed by atoms with Crippen LogP contribution in [0.4, 0.5) is 18.0 Å². The minimum Gasteiger partial charge on any atom is -0.444 e. The van der Waals surface area contributed by atoms with Gasteiger partial charge in [0.2, 0.25) is 5.91 Å². The van der Waals surface area contributed by atoms with Gasteiger partial charge in [0, 0.05) is 18.5 Å². The Hall–Kier alpha value is -1.47. The van der Waals surface area contributed by atoms with Crippen molar-refractivity contribution in [3.63, 3.8) is 0 Å². The first-order valence-electron chi connectivity index (χ1n) is 8.29. The van der Waals surface area contributed by atoms with Crippen LogP contribution in [0.25, 0.3) is 0 Å². The molecule has 138 valence electrons. The van der Waals surface area contributed by atoms with Gasteiger partial charge in [-0.05, 0) is 52.4 Å². The van der Waals surface area contributed by atoms with Crippen molar-refractivity contribution in [1.29, 1.82) is 0 Å². The highest BCUT2D eigenvalue weighted by Gasteiger charge is 2.45. The molecule has 2 aliphatic heterocycles. The molecule has 0 aromatic rings. The quantitative estimate of drug-likeness (QED) is 0.850. The lowest BCUT2D eigenvalue weighted by Gasteiger charge is -2.39. The van der Waals surface area contributed by atoms with Gasteiger partial charge in [0.05, 0.1) is 0 Å². The molecule has 0 aromatic carbocycles. The average Bonchev–Trinajstić information content (AvgIpc) is 2.66. The van der Waals surface area contributed by atoms with Crippen molar-refractivity contribution >= 4 is 12.0 Å². The molecule has 2 aliphatic rings. The number of hydrogen-bond donors (Lipinski definition) is 1. The number of nitrogens with one attached hydrogen (secondary N) is 1. The second kappa shape index (κ2) is 6.80. The number of carbonyl (C=O) groups is 2. The van der Waals surface area contributed by atoms with Crippen LogP contribution in [0.2, 0.25) is 0 Å². The monoisotopic (exact) mass is 350 g/mol. The Morgan fingerprint density at radius 3 is 2.12 bits per heavy atom. The summed E-state index contributed by atoms with van der Waals surface area (Å²) in [5.74, 6) is -0.572. The van der Waals surface area contributed by atoms with Gasteiger partial charge in [-0.2, -0.15) is 13.2 Å². The molecule has 24 heavy (non-hydrogen) atoms. The summed E-state index contributed by atoms with van der Waals surface area (Å²) in [4.78, 5) is 25.8. The second-order valence-corrected chi connectivity index (χ2v) is 7.71. The minimum absolute atomic E-state index is 0.00872. The van der Waals surface area contributed by atoms with Gasteiger partial charge in [-0.1, -0.05) is 0 Å². The number of halogens is 3. The highest BCUT2D eigenvalue weighted by atomic mass is 19.4. The molecule has 2 heterocycles. The number of fused-ring (bicyclic) bond motifs is 2. The first-order valence-corrected chi connectivity index (χ1v) is 8.29. The number of alkyl halides is 3. The zero-order chi connectivity index (χ0) is 18.1. The Morgan fingerprint density at radius 1 is 1.12 bits per heavy atom. The Morgan fingerprint density at radius 2 is 1.67 bits per heavy atom. The molecular weight excluding hydrogens is 325 g/mol. The fourth-order valence-corrected chi connectivity index (χ4v) is 3.60. The molecule has 2 saturated heterocycles.